The molecule has 138 valence electrons. The summed E-state index contributed by atoms with van der Waals surface area (Å²) in [7, 11) is 0. The molecule has 1 amide bonds. The Kier molecular flexibility index (Phi) is 5.78. The molecule has 0 radical (unpaired) electrons. The lowest BCUT2D eigenvalue weighted by molar-refractivity contribution is -0.130. The van der Waals surface area contributed by atoms with E-state index in [2.05, 4.69) is 49.7 Å². The summed E-state index contributed by atoms with van der Waals surface area (Å²) < 4.78 is 0. The van der Waals surface area contributed by atoms with Gasteiger partial charge in [0.15, 0.2) is 5.96 Å². The number of carbonyl (C=O) groups is 1. The third-order valence-electron chi connectivity index (χ3n) is 5.97. The number of carbonyl (C=O) groups excluding carboxylic acids is 1. The first kappa shape index (κ1) is 19.0. The molecular weight excluding hydrogens is 302 g/mol. The summed E-state index contributed by atoms with van der Waals surface area (Å²) in [6.07, 6.45) is 0. The maximum atomic E-state index is 11.4. The first-order valence-electron chi connectivity index (χ1n) is 9.23. The van der Waals surface area contributed by atoms with Gasteiger partial charge in [-0.25, -0.2) is 0 Å². The Balaban J connectivity index is 1.86. The number of nitrogens with zero attached hydrogens (tertiary/aromatic N) is 4. The van der Waals surface area contributed by atoms with Gasteiger partial charge in [0.25, 0.3) is 0 Å². The third-order valence-corrected chi connectivity index (χ3v) is 5.97. The molecule has 0 aliphatic carbocycles. The number of rotatable bonds is 4. The Morgan fingerprint density at radius 3 is 2.21 bits per heavy atom. The summed E-state index contributed by atoms with van der Waals surface area (Å²) in [6.45, 7) is 20.3. The van der Waals surface area contributed by atoms with Crippen LogP contribution in [-0.2, 0) is 4.79 Å². The molecule has 0 bridgehead atoms. The van der Waals surface area contributed by atoms with E-state index >= 15 is 0 Å². The molecule has 6 heteroatoms. The molecule has 2 heterocycles. The molecule has 2 fully saturated rings. The maximum Gasteiger partial charge on any atom is 0.219 e. The third kappa shape index (κ3) is 3.85. The Labute approximate surface area is 147 Å². The second kappa shape index (κ2) is 7.30. The van der Waals surface area contributed by atoms with Gasteiger partial charge in [0.1, 0.15) is 0 Å². The lowest BCUT2D eigenvalue weighted by atomic mass is 9.65. The van der Waals surface area contributed by atoms with Gasteiger partial charge in [-0.05, 0) is 20.8 Å². The van der Waals surface area contributed by atoms with Gasteiger partial charge >= 0.3 is 0 Å². The van der Waals surface area contributed by atoms with E-state index in [1.165, 1.54) is 0 Å². The number of guanidine groups is 1. The summed E-state index contributed by atoms with van der Waals surface area (Å²) in [6, 6.07) is 0. The predicted molar refractivity (Wildman–Crippen MR) is 99.2 cm³/mol. The monoisotopic (exact) mass is 337 g/mol. The van der Waals surface area contributed by atoms with E-state index in [0.29, 0.717) is 5.41 Å². The lowest BCUT2D eigenvalue weighted by Gasteiger charge is -2.62. The molecule has 0 aromatic rings. The van der Waals surface area contributed by atoms with E-state index in [0.717, 1.165) is 58.3 Å². The zero-order chi connectivity index (χ0) is 18.0. The average Bonchev–Trinajstić information content (AvgIpc) is 2.52. The topological polar surface area (TPSA) is 51.2 Å². The summed E-state index contributed by atoms with van der Waals surface area (Å²) in [4.78, 5) is 23.0. The highest BCUT2D eigenvalue weighted by molar-refractivity contribution is 5.82. The minimum Gasteiger partial charge on any atom is -0.356 e. The van der Waals surface area contributed by atoms with E-state index in [1.807, 2.05) is 4.90 Å². The fourth-order valence-corrected chi connectivity index (χ4v) is 3.38. The Morgan fingerprint density at radius 1 is 1.12 bits per heavy atom. The fraction of sp³-hybridized carbons (Fsp3) is 0.889. The molecule has 0 aromatic heterocycles. The molecule has 2 aliphatic heterocycles. The molecule has 0 unspecified atom stereocenters. The molecular formula is C18H35N5O. The van der Waals surface area contributed by atoms with E-state index in [-0.39, 0.29) is 11.4 Å². The average molecular weight is 338 g/mol. The van der Waals surface area contributed by atoms with Gasteiger partial charge in [0.05, 0.1) is 6.54 Å². The van der Waals surface area contributed by atoms with Crippen molar-refractivity contribution in [1.82, 2.24) is 20.0 Å². The molecule has 2 saturated heterocycles. The van der Waals surface area contributed by atoms with E-state index < -0.39 is 0 Å². The second-order valence-electron chi connectivity index (χ2n) is 8.11. The van der Waals surface area contributed by atoms with E-state index in [4.69, 9.17) is 4.99 Å². The number of likely N-dealkylation sites (tertiary alicyclic amines) is 1. The van der Waals surface area contributed by atoms with Gasteiger partial charge in [0, 0.05) is 63.7 Å². The van der Waals surface area contributed by atoms with Gasteiger partial charge in [0.2, 0.25) is 5.91 Å². The van der Waals surface area contributed by atoms with Crippen LogP contribution >= 0.6 is 0 Å². The summed E-state index contributed by atoms with van der Waals surface area (Å²) >= 11 is 0. The molecule has 2 rings (SSSR count). The molecule has 24 heavy (non-hydrogen) atoms. The zero-order valence-electron chi connectivity index (χ0n) is 16.4. The Bertz CT molecular complexity index is 478. The van der Waals surface area contributed by atoms with Crippen molar-refractivity contribution in [1.29, 1.82) is 0 Å². The van der Waals surface area contributed by atoms with Crippen molar-refractivity contribution in [2.24, 2.45) is 10.4 Å². The summed E-state index contributed by atoms with van der Waals surface area (Å²) in [5, 5.41) is 3.44. The molecule has 0 saturated carbocycles. The van der Waals surface area contributed by atoms with Crippen LogP contribution in [-0.4, -0.2) is 84.5 Å². The molecule has 2 aliphatic rings. The van der Waals surface area contributed by atoms with Gasteiger partial charge in [-0.15, -0.1) is 0 Å². The largest absolute Gasteiger partial charge is 0.356 e. The van der Waals surface area contributed by atoms with Crippen LogP contribution in [0.1, 0.15) is 41.5 Å². The van der Waals surface area contributed by atoms with Crippen molar-refractivity contribution >= 4 is 11.9 Å². The van der Waals surface area contributed by atoms with Crippen LogP contribution in [0.3, 0.4) is 0 Å². The van der Waals surface area contributed by atoms with Crippen LogP contribution in [0.4, 0.5) is 0 Å². The van der Waals surface area contributed by atoms with E-state index in [9.17, 15) is 4.79 Å². The quantitative estimate of drug-likeness (QED) is 0.619. The van der Waals surface area contributed by atoms with Crippen LogP contribution < -0.4 is 5.32 Å². The number of amides is 1. The van der Waals surface area contributed by atoms with Gasteiger partial charge in [-0.3, -0.25) is 14.7 Å². The number of hydrogen-bond donors (Lipinski definition) is 1. The fourth-order valence-electron chi connectivity index (χ4n) is 3.38. The smallest absolute Gasteiger partial charge is 0.219 e. The zero-order valence-corrected chi connectivity index (χ0v) is 16.4. The minimum absolute atomic E-state index is 0.126. The Hall–Kier alpha value is -1.30. The van der Waals surface area contributed by atoms with E-state index in [1.54, 1.807) is 6.92 Å². The first-order chi connectivity index (χ1) is 11.2. The standard InChI is InChI=1S/C18H35N5O/c1-7-19-16(23-14-17(3,4)18(23,5)6)20-8-9-21-10-12-22(13-11-21)15(2)24/h7-14H2,1-6H3,(H,19,20). The van der Waals surface area contributed by atoms with Crippen molar-refractivity contribution in [3.8, 4) is 0 Å². The molecule has 0 spiro atoms. The minimum atomic E-state index is 0.126. The normalized spacial score (nSPS) is 23.8. The highest BCUT2D eigenvalue weighted by atomic mass is 16.2. The van der Waals surface area contributed by atoms with Gasteiger partial charge in [-0.1, -0.05) is 13.8 Å². The first-order valence-corrected chi connectivity index (χ1v) is 9.23. The van der Waals surface area contributed by atoms with Gasteiger partial charge < -0.3 is 15.1 Å². The second-order valence-corrected chi connectivity index (χ2v) is 8.11. The lowest BCUT2D eigenvalue weighted by Crippen LogP contribution is -2.72. The van der Waals surface area contributed by atoms with Crippen LogP contribution in [0, 0.1) is 5.41 Å². The molecule has 6 nitrogen and oxygen atoms in total. The number of hydrogen-bond acceptors (Lipinski definition) is 3. The van der Waals surface area contributed by atoms with Crippen molar-refractivity contribution < 1.29 is 4.79 Å². The van der Waals surface area contributed by atoms with Gasteiger partial charge in [-0.2, -0.15) is 0 Å². The SMILES string of the molecule is CCNC(=NCCN1CCN(C(C)=O)CC1)N1CC(C)(C)C1(C)C. The number of piperazine rings is 1. The molecule has 1 N–H and O–H groups in total. The van der Waals surface area contributed by atoms with Crippen LogP contribution in [0.15, 0.2) is 4.99 Å². The van der Waals surface area contributed by atoms with Crippen molar-refractivity contribution in [2.75, 3.05) is 52.4 Å². The summed E-state index contributed by atoms with van der Waals surface area (Å²) in [5.41, 5.74) is 0.438. The molecule has 0 atom stereocenters. The number of nitrogens with one attached hydrogen (secondary N) is 1. The highest BCUT2D eigenvalue weighted by Gasteiger charge is 2.53. The van der Waals surface area contributed by atoms with Crippen LogP contribution in [0.2, 0.25) is 0 Å². The van der Waals surface area contributed by atoms with Crippen LogP contribution in [0.25, 0.3) is 0 Å². The van der Waals surface area contributed by atoms with Crippen molar-refractivity contribution in [3.05, 3.63) is 0 Å². The van der Waals surface area contributed by atoms with Crippen molar-refractivity contribution in [2.45, 2.75) is 47.1 Å². The summed E-state index contributed by atoms with van der Waals surface area (Å²) in [5.74, 6) is 1.22. The Morgan fingerprint density at radius 2 is 1.75 bits per heavy atom. The molecule has 0 aromatic carbocycles. The maximum absolute atomic E-state index is 11.4. The predicted octanol–water partition coefficient (Wildman–Crippen LogP) is 1.24. The highest BCUT2D eigenvalue weighted by Crippen LogP contribution is 2.46. The van der Waals surface area contributed by atoms with Crippen LogP contribution in [0.5, 0.6) is 0 Å². The number of aliphatic imine (C=N–C) groups is 1. The van der Waals surface area contributed by atoms with Crippen molar-refractivity contribution in [3.63, 3.8) is 0 Å².